The van der Waals surface area contributed by atoms with Crippen LogP contribution in [-0.4, -0.2) is 31.5 Å². The molecule has 2 aromatic carbocycles. The van der Waals surface area contributed by atoms with E-state index in [2.05, 4.69) is 5.32 Å². The monoisotopic (exact) mass is 350 g/mol. The molecule has 0 bridgehead atoms. The molecule has 0 heterocycles. The number of methoxy groups -OCH3 is 1. The zero-order valence-electron chi connectivity index (χ0n) is 13.8. The normalized spacial score (nSPS) is 12.1. The zero-order chi connectivity index (χ0) is 17.7. The van der Waals surface area contributed by atoms with Crippen LogP contribution in [0.4, 0.5) is 10.1 Å². The van der Waals surface area contributed by atoms with Crippen LogP contribution in [0.2, 0.25) is 5.02 Å². The van der Waals surface area contributed by atoms with Gasteiger partial charge in [0.15, 0.2) is 0 Å². The van der Waals surface area contributed by atoms with E-state index < -0.39 is 0 Å². The number of halogens is 2. The number of ether oxygens (including phenoxy) is 1. The highest BCUT2D eigenvalue weighted by molar-refractivity contribution is 6.31. The Morgan fingerprint density at radius 2 is 2.08 bits per heavy atom. The highest BCUT2D eigenvalue weighted by Gasteiger charge is 2.16. The van der Waals surface area contributed by atoms with E-state index in [1.54, 1.807) is 24.3 Å². The maximum Gasteiger partial charge on any atom is 0.238 e. The van der Waals surface area contributed by atoms with E-state index in [-0.39, 0.29) is 24.3 Å². The van der Waals surface area contributed by atoms with Gasteiger partial charge in [0.2, 0.25) is 5.91 Å². The van der Waals surface area contributed by atoms with Crippen molar-refractivity contribution in [1.29, 1.82) is 0 Å². The standard InChI is InChI=1S/C18H20ClFN2O2/c1-12(13-5-4-6-15(20)9-13)22(2)11-18(23)21-16-10-14(19)7-8-17(16)24-3/h4-10,12H,11H2,1-3H3,(H,21,23). The third-order valence-corrected chi connectivity index (χ3v) is 4.06. The van der Waals surface area contributed by atoms with Crippen LogP contribution < -0.4 is 10.1 Å². The number of anilines is 1. The second-order valence-corrected chi connectivity index (χ2v) is 5.98. The van der Waals surface area contributed by atoms with Crippen LogP contribution in [0.25, 0.3) is 0 Å². The molecule has 128 valence electrons. The lowest BCUT2D eigenvalue weighted by molar-refractivity contribution is -0.117. The first-order chi connectivity index (χ1) is 11.4. The molecule has 4 nitrogen and oxygen atoms in total. The summed E-state index contributed by atoms with van der Waals surface area (Å²) in [7, 11) is 3.33. The Labute approximate surface area is 146 Å². The zero-order valence-corrected chi connectivity index (χ0v) is 14.6. The minimum atomic E-state index is -0.291. The smallest absolute Gasteiger partial charge is 0.238 e. The summed E-state index contributed by atoms with van der Waals surface area (Å²) in [5, 5.41) is 3.29. The molecule has 0 saturated heterocycles. The van der Waals surface area contributed by atoms with Gasteiger partial charge < -0.3 is 10.1 Å². The SMILES string of the molecule is COc1ccc(Cl)cc1NC(=O)CN(C)C(C)c1cccc(F)c1. The fourth-order valence-electron chi connectivity index (χ4n) is 2.35. The summed E-state index contributed by atoms with van der Waals surface area (Å²) in [5.74, 6) is 0.0377. The molecule has 1 N–H and O–H groups in total. The molecule has 0 saturated carbocycles. The number of nitrogens with one attached hydrogen (secondary N) is 1. The van der Waals surface area contributed by atoms with Gasteiger partial charge in [-0.15, -0.1) is 0 Å². The molecule has 0 aromatic heterocycles. The number of carbonyl (C=O) groups excluding carboxylic acids is 1. The number of rotatable bonds is 6. The topological polar surface area (TPSA) is 41.6 Å². The molecular weight excluding hydrogens is 331 g/mol. The average Bonchev–Trinajstić information content (AvgIpc) is 2.54. The van der Waals surface area contributed by atoms with Gasteiger partial charge in [0.05, 0.1) is 19.3 Å². The van der Waals surface area contributed by atoms with Crippen molar-refractivity contribution in [3.05, 3.63) is 58.9 Å². The minimum Gasteiger partial charge on any atom is -0.495 e. The number of hydrogen-bond acceptors (Lipinski definition) is 3. The summed E-state index contributed by atoms with van der Waals surface area (Å²) in [6.07, 6.45) is 0. The van der Waals surface area contributed by atoms with Crippen molar-refractivity contribution in [2.45, 2.75) is 13.0 Å². The van der Waals surface area contributed by atoms with Gasteiger partial charge in [-0.3, -0.25) is 9.69 Å². The molecule has 0 aliphatic carbocycles. The number of carbonyl (C=O) groups is 1. The first kappa shape index (κ1) is 18.2. The van der Waals surface area contributed by atoms with Crippen molar-refractivity contribution >= 4 is 23.2 Å². The summed E-state index contributed by atoms with van der Waals surface area (Å²) in [5.41, 5.74) is 1.33. The van der Waals surface area contributed by atoms with Crippen LogP contribution in [0.1, 0.15) is 18.5 Å². The Kier molecular flexibility index (Phi) is 6.17. The maximum absolute atomic E-state index is 13.3. The minimum absolute atomic E-state index is 0.104. The summed E-state index contributed by atoms with van der Waals surface area (Å²) < 4.78 is 18.5. The summed E-state index contributed by atoms with van der Waals surface area (Å²) in [4.78, 5) is 14.1. The molecule has 0 aliphatic heterocycles. The summed E-state index contributed by atoms with van der Waals surface area (Å²) in [6, 6.07) is 11.3. The van der Waals surface area contributed by atoms with Crippen molar-refractivity contribution in [3.8, 4) is 5.75 Å². The number of amides is 1. The third kappa shape index (κ3) is 4.69. The molecule has 1 atom stereocenters. The van der Waals surface area contributed by atoms with Crippen LogP contribution in [0.15, 0.2) is 42.5 Å². The fourth-order valence-corrected chi connectivity index (χ4v) is 2.52. The number of likely N-dealkylation sites (N-methyl/N-ethyl adjacent to an activating group) is 1. The molecule has 24 heavy (non-hydrogen) atoms. The van der Waals surface area contributed by atoms with E-state index in [0.717, 1.165) is 5.56 Å². The van der Waals surface area contributed by atoms with E-state index in [9.17, 15) is 9.18 Å². The molecule has 1 amide bonds. The number of benzene rings is 2. The van der Waals surface area contributed by atoms with Gasteiger partial charge in [0, 0.05) is 11.1 Å². The largest absolute Gasteiger partial charge is 0.495 e. The second kappa shape index (κ2) is 8.13. The lowest BCUT2D eigenvalue weighted by Gasteiger charge is -2.24. The van der Waals surface area contributed by atoms with Crippen LogP contribution >= 0.6 is 11.6 Å². The van der Waals surface area contributed by atoms with Crippen LogP contribution in [0.5, 0.6) is 5.75 Å². The average molecular weight is 351 g/mol. The van der Waals surface area contributed by atoms with Gasteiger partial charge >= 0.3 is 0 Å². The van der Waals surface area contributed by atoms with E-state index in [0.29, 0.717) is 16.5 Å². The molecule has 0 aliphatic rings. The van der Waals surface area contributed by atoms with Gasteiger partial charge in [0.25, 0.3) is 0 Å². The van der Waals surface area contributed by atoms with Gasteiger partial charge in [-0.25, -0.2) is 4.39 Å². The Hall–Kier alpha value is -2.11. The molecule has 0 radical (unpaired) electrons. The predicted molar refractivity (Wildman–Crippen MR) is 94.1 cm³/mol. The predicted octanol–water partition coefficient (Wildman–Crippen LogP) is 4.12. The summed E-state index contributed by atoms with van der Waals surface area (Å²) in [6.45, 7) is 2.06. The van der Waals surface area contributed by atoms with Gasteiger partial charge in [0.1, 0.15) is 11.6 Å². The highest BCUT2D eigenvalue weighted by atomic mass is 35.5. The molecule has 2 aromatic rings. The third-order valence-electron chi connectivity index (χ3n) is 3.82. The van der Waals surface area contributed by atoms with E-state index >= 15 is 0 Å². The maximum atomic E-state index is 13.3. The molecule has 0 fully saturated rings. The molecule has 2 rings (SSSR count). The van der Waals surface area contributed by atoms with Crippen molar-refractivity contribution in [2.75, 3.05) is 26.0 Å². The van der Waals surface area contributed by atoms with Crippen LogP contribution in [0.3, 0.4) is 0 Å². The number of hydrogen-bond donors (Lipinski definition) is 1. The Balaban J connectivity index is 2.03. The Morgan fingerprint density at radius 1 is 1.33 bits per heavy atom. The van der Waals surface area contributed by atoms with Crippen molar-refractivity contribution in [2.24, 2.45) is 0 Å². The van der Waals surface area contributed by atoms with E-state index in [1.165, 1.54) is 19.2 Å². The van der Waals surface area contributed by atoms with Crippen LogP contribution in [-0.2, 0) is 4.79 Å². The number of nitrogens with zero attached hydrogens (tertiary/aromatic N) is 1. The quantitative estimate of drug-likeness (QED) is 0.852. The molecule has 6 heteroatoms. The second-order valence-electron chi connectivity index (χ2n) is 5.54. The van der Waals surface area contributed by atoms with E-state index in [1.807, 2.05) is 24.9 Å². The van der Waals surface area contributed by atoms with Gasteiger partial charge in [-0.05, 0) is 49.9 Å². The fraction of sp³-hybridized carbons (Fsp3) is 0.278. The summed E-state index contributed by atoms with van der Waals surface area (Å²) >= 11 is 5.96. The van der Waals surface area contributed by atoms with Crippen LogP contribution in [0, 0.1) is 5.82 Å². The van der Waals surface area contributed by atoms with E-state index in [4.69, 9.17) is 16.3 Å². The molecule has 1 unspecified atom stereocenters. The van der Waals surface area contributed by atoms with Crippen molar-refractivity contribution in [1.82, 2.24) is 4.90 Å². The molecule has 0 spiro atoms. The van der Waals surface area contributed by atoms with Crippen molar-refractivity contribution < 1.29 is 13.9 Å². The highest BCUT2D eigenvalue weighted by Crippen LogP contribution is 2.27. The lowest BCUT2D eigenvalue weighted by atomic mass is 10.1. The van der Waals surface area contributed by atoms with Gasteiger partial charge in [-0.2, -0.15) is 0 Å². The molecular formula is C18H20ClFN2O2. The lowest BCUT2D eigenvalue weighted by Crippen LogP contribution is -2.32. The first-order valence-corrected chi connectivity index (χ1v) is 7.87. The van der Waals surface area contributed by atoms with Gasteiger partial charge in [-0.1, -0.05) is 23.7 Å². The Bertz CT molecular complexity index is 724. The Morgan fingerprint density at radius 3 is 2.75 bits per heavy atom. The van der Waals surface area contributed by atoms with Crippen molar-refractivity contribution in [3.63, 3.8) is 0 Å². The first-order valence-electron chi connectivity index (χ1n) is 7.50.